The Kier molecular flexibility index (Phi) is 3.29. The van der Waals surface area contributed by atoms with Crippen LogP contribution < -0.4 is 0 Å². The zero-order chi connectivity index (χ0) is 8.97. The Balaban J connectivity index is 2.27. The van der Waals surface area contributed by atoms with Crippen LogP contribution >= 0.6 is 0 Å². The minimum Gasteiger partial charge on any atom is -0.463 e. The van der Waals surface area contributed by atoms with E-state index in [1.807, 2.05) is 6.08 Å². The van der Waals surface area contributed by atoms with E-state index in [9.17, 15) is 4.79 Å². The van der Waals surface area contributed by atoms with Crippen LogP contribution in [0, 0.1) is 0 Å². The van der Waals surface area contributed by atoms with E-state index in [1.54, 1.807) is 13.8 Å². The molecule has 0 radical (unpaired) electrons. The number of carbonyl (C=O) groups excluding carboxylic acids is 1. The lowest BCUT2D eigenvalue weighted by atomic mass is 10.2. The van der Waals surface area contributed by atoms with Gasteiger partial charge in [0.2, 0.25) is 0 Å². The number of ether oxygens (including phenoxy) is 2. The van der Waals surface area contributed by atoms with Crippen LogP contribution in [0.4, 0.5) is 0 Å². The highest BCUT2D eigenvalue weighted by atomic mass is 16.6. The molecule has 1 atom stereocenters. The second kappa shape index (κ2) is 4.26. The monoisotopic (exact) mass is 170 g/mol. The second-order valence-electron chi connectivity index (χ2n) is 2.80. The van der Waals surface area contributed by atoms with E-state index < -0.39 is 0 Å². The molecule has 0 amide bonds. The van der Waals surface area contributed by atoms with E-state index in [0.29, 0.717) is 18.3 Å². The van der Waals surface area contributed by atoms with Gasteiger partial charge in [-0.1, -0.05) is 6.08 Å². The number of hydrogen-bond acceptors (Lipinski definition) is 3. The molecule has 68 valence electrons. The summed E-state index contributed by atoms with van der Waals surface area (Å²) in [5.41, 5.74) is 0.673. The highest BCUT2D eigenvalue weighted by molar-refractivity contribution is 5.87. The highest BCUT2D eigenvalue weighted by Crippen LogP contribution is 2.15. The minimum absolute atomic E-state index is 0.224. The fourth-order valence-electron chi connectivity index (χ4n) is 0.841. The summed E-state index contributed by atoms with van der Waals surface area (Å²) in [6.45, 7) is 4.83. The molecule has 1 unspecified atom stereocenters. The van der Waals surface area contributed by atoms with Crippen LogP contribution in [0.25, 0.3) is 0 Å². The van der Waals surface area contributed by atoms with Gasteiger partial charge >= 0.3 is 5.97 Å². The molecule has 3 heteroatoms. The topological polar surface area (TPSA) is 38.8 Å². The number of rotatable bonds is 4. The third-order valence-corrected chi connectivity index (χ3v) is 1.69. The van der Waals surface area contributed by atoms with E-state index in [2.05, 4.69) is 0 Å². The van der Waals surface area contributed by atoms with Gasteiger partial charge in [0, 0.05) is 5.57 Å². The van der Waals surface area contributed by atoms with Gasteiger partial charge in [-0.25, -0.2) is 4.79 Å². The SMILES string of the molecule is CCOC(=O)/C(C)=C/CC1CO1. The molecule has 12 heavy (non-hydrogen) atoms. The van der Waals surface area contributed by atoms with E-state index in [-0.39, 0.29) is 5.97 Å². The maximum atomic E-state index is 11.0. The zero-order valence-electron chi connectivity index (χ0n) is 7.50. The molecule has 0 aliphatic carbocycles. The second-order valence-corrected chi connectivity index (χ2v) is 2.80. The minimum atomic E-state index is -0.224. The molecule has 1 heterocycles. The molecular formula is C9H14O3. The van der Waals surface area contributed by atoms with Gasteiger partial charge in [-0.15, -0.1) is 0 Å². The first-order chi connectivity index (χ1) is 5.74. The Labute approximate surface area is 72.4 Å². The molecule has 1 aliphatic heterocycles. The summed E-state index contributed by atoms with van der Waals surface area (Å²) in [5.74, 6) is -0.224. The van der Waals surface area contributed by atoms with Gasteiger partial charge in [-0.2, -0.15) is 0 Å². The Morgan fingerprint density at radius 2 is 2.42 bits per heavy atom. The van der Waals surface area contributed by atoms with Crippen molar-refractivity contribution in [1.82, 2.24) is 0 Å². The molecule has 0 aromatic rings. The maximum absolute atomic E-state index is 11.0. The number of hydrogen-bond donors (Lipinski definition) is 0. The van der Waals surface area contributed by atoms with Crippen LogP contribution in [0.5, 0.6) is 0 Å². The van der Waals surface area contributed by atoms with E-state index in [4.69, 9.17) is 9.47 Å². The molecule has 1 fully saturated rings. The molecule has 3 nitrogen and oxygen atoms in total. The molecule has 0 saturated carbocycles. The van der Waals surface area contributed by atoms with Gasteiger partial charge < -0.3 is 9.47 Å². The van der Waals surface area contributed by atoms with Gasteiger partial charge in [0.25, 0.3) is 0 Å². The lowest BCUT2D eigenvalue weighted by molar-refractivity contribution is -0.138. The predicted octanol–water partition coefficient (Wildman–Crippen LogP) is 1.28. The number of carbonyl (C=O) groups is 1. The first-order valence-electron chi connectivity index (χ1n) is 4.19. The van der Waals surface area contributed by atoms with Crippen molar-refractivity contribution in [3.8, 4) is 0 Å². The molecule has 0 aromatic carbocycles. The third-order valence-electron chi connectivity index (χ3n) is 1.69. The summed E-state index contributed by atoms with van der Waals surface area (Å²) in [6.07, 6.45) is 3.04. The van der Waals surface area contributed by atoms with Gasteiger partial charge in [0.05, 0.1) is 19.3 Å². The molecule has 0 spiro atoms. The predicted molar refractivity (Wildman–Crippen MR) is 44.7 cm³/mol. The third kappa shape index (κ3) is 3.05. The summed E-state index contributed by atoms with van der Waals surface area (Å²) in [7, 11) is 0. The average molecular weight is 170 g/mol. The quantitative estimate of drug-likeness (QED) is 0.362. The summed E-state index contributed by atoms with van der Waals surface area (Å²) in [5, 5.41) is 0. The van der Waals surface area contributed by atoms with Crippen LogP contribution in [0.15, 0.2) is 11.6 Å². The van der Waals surface area contributed by atoms with Crippen molar-refractivity contribution in [2.24, 2.45) is 0 Å². The molecular weight excluding hydrogens is 156 g/mol. The largest absolute Gasteiger partial charge is 0.463 e. The van der Waals surface area contributed by atoms with Crippen molar-refractivity contribution in [2.75, 3.05) is 13.2 Å². The van der Waals surface area contributed by atoms with Gasteiger partial charge in [-0.3, -0.25) is 0 Å². The van der Waals surface area contributed by atoms with Crippen molar-refractivity contribution >= 4 is 5.97 Å². The average Bonchev–Trinajstić information content (AvgIpc) is 2.83. The molecule has 0 aromatic heterocycles. The van der Waals surface area contributed by atoms with Crippen LogP contribution in [-0.4, -0.2) is 25.3 Å². The summed E-state index contributed by atoms with van der Waals surface area (Å²) in [6, 6.07) is 0. The van der Waals surface area contributed by atoms with Crippen LogP contribution in [0.3, 0.4) is 0 Å². The Morgan fingerprint density at radius 1 is 1.75 bits per heavy atom. The van der Waals surface area contributed by atoms with E-state index in [1.165, 1.54) is 0 Å². The molecule has 1 saturated heterocycles. The van der Waals surface area contributed by atoms with Crippen LogP contribution in [-0.2, 0) is 14.3 Å². The van der Waals surface area contributed by atoms with Crippen molar-refractivity contribution in [3.05, 3.63) is 11.6 Å². The molecule has 0 bridgehead atoms. The standard InChI is InChI=1S/C9H14O3/c1-3-11-9(10)7(2)4-5-8-6-12-8/h4,8H,3,5-6H2,1-2H3/b7-4+. The summed E-state index contributed by atoms with van der Waals surface area (Å²) >= 11 is 0. The number of epoxide rings is 1. The highest BCUT2D eigenvalue weighted by Gasteiger charge is 2.20. The Morgan fingerprint density at radius 3 is 2.92 bits per heavy atom. The molecule has 1 rings (SSSR count). The van der Waals surface area contributed by atoms with Crippen LogP contribution in [0.1, 0.15) is 20.3 Å². The van der Waals surface area contributed by atoms with Crippen molar-refractivity contribution in [2.45, 2.75) is 26.4 Å². The van der Waals surface area contributed by atoms with Gasteiger partial charge in [0.1, 0.15) is 0 Å². The fourth-order valence-corrected chi connectivity index (χ4v) is 0.841. The first kappa shape index (κ1) is 9.26. The Bertz CT molecular complexity index is 192. The van der Waals surface area contributed by atoms with Crippen molar-refractivity contribution in [3.63, 3.8) is 0 Å². The van der Waals surface area contributed by atoms with Gasteiger partial charge in [-0.05, 0) is 20.3 Å². The fraction of sp³-hybridized carbons (Fsp3) is 0.667. The molecule has 0 N–H and O–H groups in total. The lowest BCUT2D eigenvalue weighted by Gasteiger charge is -2.00. The van der Waals surface area contributed by atoms with Crippen molar-refractivity contribution < 1.29 is 14.3 Å². The van der Waals surface area contributed by atoms with E-state index >= 15 is 0 Å². The maximum Gasteiger partial charge on any atom is 0.333 e. The first-order valence-corrected chi connectivity index (χ1v) is 4.19. The molecule has 1 aliphatic rings. The lowest BCUT2D eigenvalue weighted by Crippen LogP contribution is -2.05. The summed E-state index contributed by atoms with van der Waals surface area (Å²) in [4.78, 5) is 11.0. The smallest absolute Gasteiger partial charge is 0.333 e. The zero-order valence-corrected chi connectivity index (χ0v) is 7.50. The summed E-state index contributed by atoms with van der Waals surface area (Å²) < 4.78 is 9.81. The Hall–Kier alpha value is -0.830. The van der Waals surface area contributed by atoms with Crippen LogP contribution in [0.2, 0.25) is 0 Å². The van der Waals surface area contributed by atoms with E-state index in [0.717, 1.165) is 13.0 Å². The van der Waals surface area contributed by atoms with Crippen molar-refractivity contribution in [1.29, 1.82) is 0 Å². The number of esters is 1. The van der Waals surface area contributed by atoms with Gasteiger partial charge in [0.15, 0.2) is 0 Å². The normalized spacial score (nSPS) is 22.2.